The van der Waals surface area contributed by atoms with Crippen LogP contribution >= 0.6 is 0 Å². The number of hydrogen-bond donors (Lipinski definition) is 2. The number of nitrogens with one attached hydrogen (secondary N) is 1. The number of benzene rings is 1. The van der Waals surface area contributed by atoms with E-state index in [0.29, 0.717) is 13.0 Å². The van der Waals surface area contributed by atoms with Gasteiger partial charge in [0.1, 0.15) is 5.75 Å². The lowest BCUT2D eigenvalue weighted by Crippen LogP contribution is -2.31. The lowest BCUT2D eigenvalue weighted by molar-refractivity contribution is -0.121. The normalized spacial score (nSPS) is 19.1. The molecule has 0 bridgehead atoms. The highest BCUT2D eigenvalue weighted by Gasteiger charge is 2.24. The van der Waals surface area contributed by atoms with Crippen LogP contribution in [0.25, 0.3) is 0 Å². The van der Waals surface area contributed by atoms with Gasteiger partial charge in [0, 0.05) is 18.4 Å². The number of rotatable bonds is 4. The Morgan fingerprint density at radius 3 is 2.90 bits per heavy atom. The van der Waals surface area contributed by atoms with Gasteiger partial charge in [-0.05, 0) is 23.6 Å². The standard InChI is InChI=1S/C16H23NO3/c1-4-15(18)17-13-7-8-20-14-6-5-11(9-12(13)14)16(19)10(2)3/h5-6,9-10,13,16,19H,4,7-8H2,1-3H3,(H,17,18). The summed E-state index contributed by atoms with van der Waals surface area (Å²) in [4.78, 5) is 11.6. The van der Waals surface area contributed by atoms with E-state index in [0.717, 1.165) is 23.3 Å². The third-order valence-electron chi connectivity index (χ3n) is 3.70. The predicted octanol–water partition coefficient (Wildman–Crippen LogP) is 2.73. The molecule has 1 aliphatic rings. The molecule has 110 valence electrons. The van der Waals surface area contributed by atoms with Gasteiger partial charge in [-0.15, -0.1) is 0 Å². The van der Waals surface area contributed by atoms with E-state index in [2.05, 4.69) is 5.32 Å². The lowest BCUT2D eigenvalue weighted by atomic mass is 9.93. The molecule has 20 heavy (non-hydrogen) atoms. The molecule has 1 aromatic rings. The van der Waals surface area contributed by atoms with E-state index in [9.17, 15) is 9.90 Å². The van der Waals surface area contributed by atoms with Gasteiger partial charge in [0.15, 0.2) is 0 Å². The van der Waals surface area contributed by atoms with Gasteiger partial charge in [-0.25, -0.2) is 0 Å². The van der Waals surface area contributed by atoms with Crippen molar-refractivity contribution in [2.45, 2.75) is 45.8 Å². The van der Waals surface area contributed by atoms with Gasteiger partial charge in [0.05, 0.1) is 18.8 Å². The third-order valence-corrected chi connectivity index (χ3v) is 3.70. The van der Waals surface area contributed by atoms with Crippen LogP contribution in [-0.2, 0) is 4.79 Å². The molecule has 4 heteroatoms. The molecule has 2 unspecified atom stereocenters. The number of carbonyl (C=O) groups excluding carboxylic acids is 1. The molecule has 1 amide bonds. The van der Waals surface area contributed by atoms with Crippen LogP contribution in [0.15, 0.2) is 18.2 Å². The second-order valence-electron chi connectivity index (χ2n) is 5.60. The van der Waals surface area contributed by atoms with Crippen LogP contribution in [0.1, 0.15) is 56.9 Å². The van der Waals surface area contributed by atoms with Crippen LogP contribution in [0.4, 0.5) is 0 Å². The number of hydrogen-bond acceptors (Lipinski definition) is 3. The fraction of sp³-hybridized carbons (Fsp3) is 0.562. The SMILES string of the molecule is CCC(=O)NC1CCOc2ccc(C(O)C(C)C)cc21. The average molecular weight is 277 g/mol. The van der Waals surface area contributed by atoms with Crippen molar-refractivity contribution in [1.29, 1.82) is 0 Å². The van der Waals surface area contributed by atoms with Crippen LogP contribution < -0.4 is 10.1 Å². The van der Waals surface area contributed by atoms with E-state index in [1.807, 2.05) is 39.0 Å². The Hall–Kier alpha value is -1.55. The van der Waals surface area contributed by atoms with Crippen LogP contribution in [0.2, 0.25) is 0 Å². The molecule has 0 fully saturated rings. The summed E-state index contributed by atoms with van der Waals surface area (Å²) in [5, 5.41) is 13.2. The second kappa shape index (κ2) is 6.27. The largest absolute Gasteiger partial charge is 0.493 e. The quantitative estimate of drug-likeness (QED) is 0.889. The first kappa shape index (κ1) is 14.9. The van der Waals surface area contributed by atoms with Crippen molar-refractivity contribution in [3.63, 3.8) is 0 Å². The summed E-state index contributed by atoms with van der Waals surface area (Å²) < 4.78 is 5.63. The maximum absolute atomic E-state index is 11.6. The van der Waals surface area contributed by atoms with Crippen molar-refractivity contribution in [2.75, 3.05) is 6.61 Å². The van der Waals surface area contributed by atoms with E-state index in [-0.39, 0.29) is 17.9 Å². The maximum atomic E-state index is 11.6. The highest BCUT2D eigenvalue weighted by Crippen LogP contribution is 2.35. The molecule has 0 saturated heterocycles. The Morgan fingerprint density at radius 1 is 1.50 bits per heavy atom. The number of aliphatic hydroxyl groups is 1. The fourth-order valence-electron chi connectivity index (χ4n) is 2.43. The van der Waals surface area contributed by atoms with Gasteiger partial charge in [-0.1, -0.05) is 26.8 Å². The molecule has 1 aliphatic heterocycles. The highest BCUT2D eigenvalue weighted by molar-refractivity contribution is 5.76. The van der Waals surface area contributed by atoms with E-state index in [4.69, 9.17) is 4.74 Å². The van der Waals surface area contributed by atoms with Gasteiger partial charge < -0.3 is 15.2 Å². The topological polar surface area (TPSA) is 58.6 Å². The van der Waals surface area contributed by atoms with E-state index < -0.39 is 6.10 Å². The van der Waals surface area contributed by atoms with E-state index >= 15 is 0 Å². The number of fused-ring (bicyclic) bond motifs is 1. The molecule has 2 rings (SSSR count). The Kier molecular flexibility index (Phi) is 4.65. The molecular weight excluding hydrogens is 254 g/mol. The first-order valence-electron chi connectivity index (χ1n) is 7.27. The first-order valence-corrected chi connectivity index (χ1v) is 7.27. The number of amides is 1. The highest BCUT2D eigenvalue weighted by atomic mass is 16.5. The van der Waals surface area contributed by atoms with Crippen molar-refractivity contribution < 1.29 is 14.6 Å². The summed E-state index contributed by atoms with van der Waals surface area (Å²) >= 11 is 0. The summed E-state index contributed by atoms with van der Waals surface area (Å²) in [6, 6.07) is 5.72. The molecule has 4 nitrogen and oxygen atoms in total. The molecule has 0 aliphatic carbocycles. The van der Waals surface area contributed by atoms with Crippen molar-refractivity contribution in [3.05, 3.63) is 29.3 Å². The predicted molar refractivity (Wildman–Crippen MR) is 77.5 cm³/mol. The monoisotopic (exact) mass is 277 g/mol. The zero-order valence-corrected chi connectivity index (χ0v) is 12.3. The minimum atomic E-state index is -0.496. The molecule has 1 aromatic carbocycles. The molecule has 2 atom stereocenters. The van der Waals surface area contributed by atoms with Gasteiger partial charge in [0.25, 0.3) is 0 Å². The molecule has 0 aromatic heterocycles. The average Bonchev–Trinajstić information content (AvgIpc) is 2.46. The Bertz CT molecular complexity index is 485. The van der Waals surface area contributed by atoms with Gasteiger partial charge in [-0.3, -0.25) is 4.79 Å². The van der Waals surface area contributed by atoms with Crippen molar-refractivity contribution in [3.8, 4) is 5.75 Å². The van der Waals surface area contributed by atoms with Gasteiger partial charge in [-0.2, -0.15) is 0 Å². The third kappa shape index (κ3) is 3.12. The molecular formula is C16H23NO3. The summed E-state index contributed by atoms with van der Waals surface area (Å²) in [6.07, 6.45) is 0.741. The number of carbonyl (C=O) groups is 1. The first-order chi connectivity index (χ1) is 9.52. The summed E-state index contributed by atoms with van der Waals surface area (Å²) in [7, 11) is 0. The van der Waals surface area contributed by atoms with E-state index in [1.165, 1.54) is 0 Å². The maximum Gasteiger partial charge on any atom is 0.220 e. The van der Waals surface area contributed by atoms with Crippen molar-refractivity contribution in [2.24, 2.45) is 5.92 Å². The lowest BCUT2D eigenvalue weighted by Gasteiger charge is -2.28. The molecule has 1 heterocycles. The Morgan fingerprint density at radius 2 is 2.25 bits per heavy atom. The van der Waals surface area contributed by atoms with Crippen LogP contribution in [0, 0.1) is 5.92 Å². The van der Waals surface area contributed by atoms with Crippen LogP contribution in [-0.4, -0.2) is 17.6 Å². The van der Waals surface area contributed by atoms with Gasteiger partial charge >= 0.3 is 0 Å². The minimum Gasteiger partial charge on any atom is -0.493 e. The smallest absolute Gasteiger partial charge is 0.220 e. The molecule has 0 radical (unpaired) electrons. The zero-order valence-electron chi connectivity index (χ0n) is 12.3. The molecule has 0 saturated carbocycles. The fourth-order valence-corrected chi connectivity index (χ4v) is 2.43. The summed E-state index contributed by atoms with van der Waals surface area (Å²) in [5.41, 5.74) is 1.84. The van der Waals surface area contributed by atoms with Gasteiger partial charge in [0.2, 0.25) is 5.91 Å². The Balaban J connectivity index is 2.28. The summed E-state index contributed by atoms with van der Waals surface area (Å²) in [6.45, 7) is 6.41. The summed E-state index contributed by atoms with van der Waals surface area (Å²) in [5.74, 6) is 0.997. The van der Waals surface area contributed by atoms with Crippen molar-refractivity contribution >= 4 is 5.91 Å². The van der Waals surface area contributed by atoms with Crippen LogP contribution in [0.3, 0.4) is 0 Å². The van der Waals surface area contributed by atoms with E-state index in [1.54, 1.807) is 0 Å². The number of aliphatic hydroxyl groups excluding tert-OH is 1. The molecule has 2 N–H and O–H groups in total. The van der Waals surface area contributed by atoms with Crippen molar-refractivity contribution in [1.82, 2.24) is 5.32 Å². The Labute approximate surface area is 120 Å². The zero-order chi connectivity index (χ0) is 14.7. The molecule has 0 spiro atoms. The minimum absolute atomic E-state index is 0.0227. The second-order valence-corrected chi connectivity index (χ2v) is 5.60. The van der Waals surface area contributed by atoms with Crippen LogP contribution in [0.5, 0.6) is 5.75 Å². The number of ether oxygens (including phenoxy) is 1.